The Morgan fingerprint density at radius 2 is 1.93 bits per heavy atom. The maximum atomic E-state index is 12.1. The summed E-state index contributed by atoms with van der Waals surface area (Å²) >= 11 is 0. The largest absolute Gasteiger partial charge is 0.510 e. The molecule has 3 rings (SSSR count). The van der Waals surface area contributed by atoms with Gasteiger partial charge in [-0.25, -0.2) is 0 Å². The monoisotopic (exact) mass is 371 g/mol. The molecule has 27 heavy (non-hydrogen) atoms. The van der Waals surface area contributed by atoms with Crippen LogP contribution in [0.5, 0.6) is 0 Å². The number of ether oxygens (including phenoxy) is 1. The van der Waals surface area contributed by atoms with Crippen LogP contribution in [0.4, 0.5) is 11.4 Å². The fraction of sp³-hybridized carbons (Fsp3) is 0.524. The van der Waals surface area contributed by atoms with Crippen LogP contribution in [0.2, 0.25) is 0 Å². The van der Waals surface area contributed by atoms with E-state index in [9.17, 15) is 9.90 Å². The number of aliphatic hydroxyl groups excluding tert-OH is 1. The lowest BCUT2D eigenvalue weighted by Crippen LogP contribution is -2.36. The zero-order valence-electron chi connectivity index (χ0n) is 16.0. The zero-order valence-corrected chi connectivity index (χ0v) is 16.0. The lowest BCUT2D eigenvalue weighted by molar-refractivity contribution is -0.116. The molecule has 0 spiro atoms. The number of carbonyl (C=O) groups excluding carboxylic acids is 1. The van der Waals surface area contributed by atoms with Crippen molar-refractivity contribution in [1.29, 1.82) is 0 Å². The Balaban J connectivity index is 1.77. The van der Waals surface area contributed by atoms with Gasteiger partial charge in [-0.15, -0.1) is 0 Å². The molecule has 2 heterocycles. The highest BCUT2D eigenvalue weighted by Gasteiger charge is 2.26. The summed E-state index contributed by atoms with van der Waals surface area (Å²) in [7, 11) is 0. The number of benzene rings is 1. The van der Waals surface area contributed by atoms with Gasteiger partial charge in [-0.05, 0) is 37.1 Å². The minimum absolute atomic E-state index is 0.0965. The summed E-state index contributed by atoms with van der Waals surface area (Å²) < 4.78 is 5.40. The predicted octanol–water partition coefficient (Wildman–Crippen LogP) is 3.51. The van der Waals surface area contributed by atoms with Crippen molar-refractivity contribution in [3.63, 3.8) is 0 Å². The average Bonchev–Trinajstić information content (AvgIpc) is 3.04. The van der Waals surface area contributed by atoms with Gasteiger partial charge in [0.05, 0.1) is 31.2 Å². The number of nitrogens with zero attached hydrogens (tertiary/aromatic N) is 2. The number of hydrogen-bond donors (Lipinski definition) is 2. The van der Waals surface area contributed by atoms with Crippen LogP contribution in [-0.4, -0.2) is 49.6 Å². The molecule has 1 saturated heterocycles. The lowest BCUT2D eigenvalue weighted by atomic mass is 10.0. The SMILES string of the molecule is CCCCCCC(=Nc1ccc(N2CCOCC2)cc1)C1=C(O)CNC1=O. The maximum absolute atomic E-state index is 12.1. The number of nitrogens with one attached hydrogen (secondary N) is 1. The van der Waals surface area contributed by atoms with Gasteiger partial charge in [0, 0.05) is 18.8 Å². The minimum Gasteiger partial charge on any atom is -0.510 e. The van der Waals surface area contributed by atoms with Crippen LogP contribution >= 0.6 is 0 Å². The van der Waals surface area contributed by atoms with E-state index in [0.717, 1.165) is 56.9 Å². The Hall–Kier alpha value is -2.34. The molecule has 2 N–H and O–H groups in total. The summed E-state index contributed by atoms with van der Waals surface area (Å²) in [4.78, 5) is 19.2. The molecule has 6 nitrogen and oxygen atoms in total. The summed E-state index contributed by atoms with van der Waals surface area (Å²) in [5.41, 5.74) is 2.99. The van der Waals surface area contributed by atoms with Crippen LogP contribution in [-0.2, 0) is 9.53 Å². The van der Waals surface area contributed by atoms with Gasteiger partial charge in [0.15, 0.2) is 0 Å². The van der Waals surface area contributed by atoms with E-state index in [1.807, 2.05) is 12.1 Å². The van der Waals surface area contributed by atoms with Crippen LogP contribution in [0.25, 0.3) is 0 Å². The predicted molar refractivity (Wildman–Crippen MR) is 108 cm³/mol. The van der Waals surface area contributed by atoms with E-state index in [0.29, 0.717) is 17.7 Å². The molecule has 0 radical (unpaired) electrons. The minimum atomic E-state index is -0.230. The first-order valence-corrected chi connectivity index (χ1v) is 9.90. The van der Waals surface area contributed by atoms with Crippen LogP contribution in [0.15, 0.2) is 40.6 Å². The Labute approximate surface area is 160 Å². The second kappa shape index (κ2) is 9.55. The first kappa shape index (κ1) is 19.4. The normalized spacial score (nSPS) is 18.2. The van der Waals surface area contributed by atoms with Crippen molar-refractivity contribution in [2.75, 3.05) is 37.7 Å². The van der Waals surface area contributed by atoms with E-state index in [4.69, 9.17) is 9.73 Å². The Morgan fingerprint density at radius 1 is 1.19 bits per heavy atom. The molecule has 2 aliphatic rings. The fourth-order valence-electron chi connectivity index (χ4n) is 3.44. The molecule has 0 unspecified atom stereocenters. The Kier molecular flexibility index (Phi) is 6.87. The van der Waals surface area contributed by atoms with Gasteiger partial charge in [-0.2, -0.15) is 0 Å². The molecule has 0 aliphatic carbocycles. The Morgan fingerprint density at radius 3 is 2.56 bits per heavy atom. The number of anilines is 1. The average molecular weight is 371 g/mol. The zero-order chi connectivity index (χ0) is 19.1. The smallest absolute Gasteiger partial charge is 0.257 e. The number of aliphatic imine (C=N–C) groups is 1. The number of morpholine rings is 1. The third-order valence-electron chi connectivity index (χ3n) is 4.98. The quantitative estimate of drug-likeness (QED) is 0.542. The van der Waals surface area contributed by atoms with E-state index in [1.165, 1.54) is 6.42 Å². The van der Waals surface area contributed by atoms with Crippen LogP contribution in [0, 0.1) is 0 Å². The van der Waals surface area contributed by atoms with E-state index >= 15 is 0 Å². The molecule has 1 aromatic carbocycles. The molecule has 146 valence electrons. The molecule has 6 heteroatoms. The van der Waals surface area contributed by atoms with Gasteiger partial charge in [-0.3, -0.25) is 9.79 Å². The van der Waals surface area contributed by atoms with E-state index < -0.39 is 0 Å². The van der Waals surface area contributed by atoms with E-state index in [2.05, 4.69) is 29.3 Å². The first-order valence-electron chi connectivity index (χ1n) is 9.90. The van der Waals surface area contributed by atoms with Crippen molar-refractivity contribution >= 4 is 23.0 Å². The number of rotatable bonds is 8. The van der Waals surface area contributed by atoms with E-state index in [-0.39, 0.29) is 18.2 Å². The summed E-state index contributed by atoms with van der Waals surface area (Å²) in [5, 5.41) is 12.8. The fourth-order valence-corrected chi connectivity index (χ4v) is 3.44. The van der Waals surface area contributed by atoms with Crippen molar-refractivity contribution in [3.05, 3.63) is 35.6 Å². The summed E-state index contributed by atoms with van der Waals surface area (Å²) in [6.07, 6.45) is 5.07. The molecule has 0 bridgehead atoms. The molecule has 1 aromatic rings. The van der Waals surface area contributed by atoms with Crippen LogP contribution in [0.1, 0.15) is 39.0 Å². The molecule has 2 aliphatic heterocycles. The van der Waals surface area contributed by atoms with Crippen molar-refractivity contribution in [3.8, 4) is 0 Å². The number of aliphatic hydroxyl groups is 1. The molecule has 0 atom stereocenters. The highest BCUT2D eigenvalue weighted by Crippen LogP contribution is 2.24. The van der Waals surface area contributed by atoms with Gasteiger partial charge in [-0.1, -0.05) is 26.2 Å². The van der Waals surface area contributed by atoms with Crippen LogP contribution < -0.4 is 10.2 Å². The summed E-state index contributed by atoms with van der Waals surface area (Å²) in [6.45, 7) is 5.66. The third kappa shape index (κ3) is 5.10. The Bertz CT molecular complexity index is 704. The number of hydrogen-bond acceptors (Lipinski definition) is 5. The highest BCUT2D eigenvalue weighted by molar-refractivity contribution is 6.23. The molecule has 1 fully saturated rings. The molecular formula is C21H29N3O3. The highest BCUT2D eigenvalue weighted by atomic mass is 16.5. The van der Waals surface area contributed by atoms with Gasteiger partial charge in [0.2, 0.25) is 0 Å². The number of unbranched alkanes of at least 4 members (excludes halogenated alkanes) is 3. The molecular weight excluding hydrogens is 342 g/mol. The van der Waals surface area contributed by atoms with Gasteiger partial charge in [0.25, 0.3) is 5.91 Å². The molecule has 0 aromatic heterocycles. The topological polar surface area (TPSA) is 74.2 Å². The van der Waals surface area contributed by atoms with Crippen molar-refractivity contribution in [2.45, 2.75) is 39.0 Å². The standard InChI is InChI=1S/C21H29N3O3/c1-2-3-4-5-6-18(20-19(25)15-22-21(20)26)23-16-7-9-17(10-8-16)24-11-13-27-14-12-24/h7-10,25H,2-6,11-15H2,1H3,(H,22,26). The van der Waals surface area contributed by atoms with Gasteiger partial charge < -0.3 is 20.1 Å². The third-order valence-corrected chi connectivity index (χ3v) is 4.98. The summed E-state index contributed by atoms with van der Waals surface area (Å²) in [5.74, 6) is -0.133. The van der Waals surface area contributed by atoms with Crippen LogP contribution in [0.3, 0.4) is 0 Å². The van der Waals surface area contributed by atoms with Crippen molar-refractivity contribution < 1.29 is 14.6 Å². The van der Waals surface area contributed by atoms with Gasteiger partial charge >= 0.3 is 0 Å². The summed E-state index contributed by atoms with van der Waals surface area (Å²) in [6, 6.07) is 8.06. The first-order chi connectivity index (χ1) is 13.2. The number of amides is 1. The van der Waals surface area contributed by atoms with Crippen molar-refractivity contribution in [2.24, 2.45) is 4.99 Å². The second-order valence-corrected chi connectivity index (χ2v) is 6.99. The van der Waals surface area contributed by atoms with Crippen molar-refractivity contribution in [1.82, 2.24) is 5.32 Å². The molecule has 1 amide bonds. The van der Waals surface area contributed by atoms with E-state index in [1.54, 1.807) is 0 Å². The lowest BCUT2D eigenvalue weighted by Gasteiger charge is -2.28. The molecule has 0 saturated carbocycles. The second-order valence-electron chi connectivity index (χ2n) is 6.99. The number of carbonyl (C=O) groups is 1. The maximum Gasteiger partial charge on any atom is 0.257 e. The van der Waals surface area contributed by atoms with Gasteiger partial charge in [0.1, 0.15) is 11.3 Å².